The molecule has 0 saturated heterocycles. The van der Waals surface area contributed by atoms with E-state index in [0.29, 0.717) is 11.6 Å². The molecule has 0 aromatic heterocycles. The van der Waals surface area contributed by atoms with Crippen molar-refractivity contribution in [1.82, 2.24) is 0 Å². The van der Waals surface area contributed by atoms with Gasteiger partial charge in [-0.3, -0.25) is 0 Å². The number of nitrogens with zero attached hydrogens (tertiary/aromatic N) is 2. The largest absolute Gasteiger partial charge is 0.417 e. The van der Waals surface area contributed by atoms with Gasteiger partial charge >= 0.3 is 6.18 Å². The summed E-state index contributed by atoms with van der Waals surface area (Å²) in [4.78, 5) is 2.12. The summed E-state index contributed by atoms with van der Waals surface area (Å²) < 4.78 is 40.2. The molecule has 2 aliphatic rings. The fraction of sp³-hybridized carbons (Fsp3) is 0.381. The van der Waals surface area contributed by atoms with E-state index in [0.717, 1.165) is 38.3 Å². The number of hydrogen-bond acceptors (Lipinski definition) is 2. The van der Waals surface area contributed by atoms with Crippen LogP contribution in [0.3, 0.4) is 0 Å². The number of benzene rings is 2. The minimum atomic E-state index is -4.53. The maximum absolute atomic E-state index is 13.4. The molecule has 0 N–H and O–H groups in total. The molecule has 1 fully saturated rings. The van der Waals surface area contributed by atoms with Crippen molar-refractivity contribution < 1.29 is 13.2 Å². The van der Waals surface area contributed by atoms with Crippen LogP contribution < -0.4 is 4.90 Å². The first kappa shape index (κ1) is 17.0. The summed E-state index contributed by atoms with van der Waals surface area (Å²) in [6.45, 7) is 0.766. The number of anilines is 1. The zero-order valence-electron chi connectivity index (χ0n) is 14.3. The zero-order chi connectivity index (χ0) is 18.3. The number of nitriles is 1. The Morgan fingerprint density at radius 1 is 1.08 bits per heavy atom. The molecule has 0 spiro atoms. The maximum atomic E-state index is 13.4. The van der Waals surface area contributed by atoms with Crippen molar-refractivity contribution in [3.05, 3.63) is 64.7 Å². The van der Waals surface area contributed by atoms with Gasteiger partial charge in [-0.15, -0.1) is 0 Å². The van der Waals surface area contributed by atoms with Crippen molar-refractivity contribution in [2.24, 2.45) is 5.92 Å². The van der Waals surface area contributed by atoms with Gasteiger partial charge < -0.3 is 4.90 Å². The van der Waals surface area contributed by atoms with Crippen LogP contribution in [0.5, 0.6) is 0 Å². The Morgan fingerprint density at radius 3 is 2.54 bits per heavy atom. The minimum absolute atomic E-state index is 0.0980. The number of halogens is 3. The van der Waals surface area contributed by atoms with E-state index in [-0.39, 0.29) is 11.6 Å². The molecule has 5 heteroatoms. The van der Waals surface area contributed by atoms with Crippen molar-refractivity contribution in [3.63, 3.8) is 0 Å². The fourth-order valence-electron chi connectivity index (χ4n) is 3.89. The Labute approximate surface area is 150 Å². The Balaban J connectivity index is 1.75. The second-order valence-electron chi connectivity index (χ2n) is 7.19. The van der Waals surface area contributed by atoms with E-state index in [1.54, 1.807) is 12.1 Å². The van der Waals surface area contributed by atoms with Crippen LogP contribution in [-0.2, 0) is 12.6 Å². The second kappa shape index (κ2) is 6.35. The predicted molar refractivity (Wildman–Crippen MR) is 93.7 cm³/mol. The lowest BCUT2D eigenvalue weighted by atomic mass is 10.0. The molecule has 0 aliphatic heterocycles. The second-order valence-corrected chi connectivity index (χ2v) is 7.19. The van der Waals surface area contributed by atoms with Gasteiger partial charge in [-0.05, 0) is 60.9 Å². The highest BCUT2D eigenvalue weighted by Gasteiger charge is 2.36. The predicted octanol–water partition coefficient (Wildman–Crippen LogP) is 5.48. The molecule has 2 aliphatic carbocycles. The highest BCUT2D eigenvalue weighted by Crippen LogP contribution is 2.43. The van der Waals surface area contributed by atoms with Gasteiger partial charge in [0.25, 0.3) is 0 Å². The lowest BCUT2D eigenvalue weighted by Gasteiger charge is -2.33. The Bertz CT molecular complexity index is 862. The zero-order valence-corrected chi connectivity index (χ0v) is 14.3. The molecule has 2 aromatic rings. The van der Waals surface area contributed by atoms with E-state index in [1.165, 1.54) is 17.2 Å². The molecule has 0 unspecified atom stereocenters. The molecular formula is C21H19F3N2. The first-order valence-electron chi connectivity index (χ1n) is 8.93. The third-order valence-corrected chi connectivity index (χ3v) is 5.39. The van der Waals surface area contributed by atoms with Crippen molar-refractivity contribution in [3.8, 4) is 6.07 Å². The average molecular weight is 356 g/mol. The smallest absolute Gasteiger partial charge is 0.364 e. The summed E-state index contributed by atoms with van der Waals surface area (Å²) in [5, 5.41) is 9.04. The monoisotopic (exact) mass is 356 g/mol. The number of rotatable bonds is 4. The summed E-state index contributed by atoms with van der Waals surface area (Å²) >= 11 is 0. The van der Waals surface area contributed by atoms with Gasteiger partial charge in [-0.25, -0.2) is 0 Å². The van der Waals surface area contributed by atoms with E-state index in [9.17, 15) is 13.2 Å². The van der Waals surface area contributed by atoms with E-state index in [1.807, 2.05) is 12.1 Å². The Morgan fingerprint density at radius 2 is 1.85 bits per heavy atom. The quantitative estimate of drug-likeness (QED) is 0.725. The van der Waals surface area contributed by atoms with Crippen LogP contribution in [0, 0.1) is 17.2 Å². The van der Waals surface area contributed by atoms with Crippen molar-refractivity contribution in [1.29, 1.82) is 5.26 Å². The van der Waals surface area contributed by atoms with Gasteiger partial charge in [0.05, 0.1) is 23.2 Å². The van der Waals surface area contributed by atoms with Gasteiger partial charge in [0.15, 0.2) is 0 Å². The molecule has 4 rings (SSSR count). The highest BCUT2D eigenvalue weighted by atomic mass is 19.4. The number of alkyl halides is 3. The van der Waals surface area contributed by atoms with Crippen molar-refractivity contribution >= 4 is 5.69 Å². The van der Waals surface area contributed by atoms with Gasteiger partial charge in [-0.1, -0.05) is 24.3 Å². The van der Waals surface area contributed by atoms with Crippen LogP contribution in [0.2, 0.25) is 0 Å². The van der Waals surface area contributed by atoms with Gasteiger partial charge in [0.2, 0.25) is 0 Å². The molecule has 134 valence electrons. The van der Waals surface area contributed by atoms with E-state index >= 15 is 0 Å². The summed E-state index contributed by atoms with van der Waals surface area (Å²) in [5.74, 6) is 0.549. The summed E-state index contributed by atoms with van der Waals surface area (Å²) in [7, 11) is 0. The normalized spacial score (nSPS) is 19.1. The molecule has 2 aromatic carbocycles. The number of fused-ring (bicyclic) bond motifs is 1. The lowest BCUT2D eigenvalue weighted by Crippen LogP contribution is -2.30. The van der Waals surface area contributed by atoms with Gasteiger partial charge in [0.1, 0.15) is 0 Å². The van der Waals surface area contributed by atoms with E-state index in [4.69, 9.17) is 5.26 Å². The lowest BCUT2D eigenvalue weighted by molar-refractivity contribution is -0.137. The third kappa shape index (κ3) is 3.16. The molecule has 0 heterocycles. The molecule has 0 radical (unpaired) electrons. The molecule has 0 amide bonds. The Hall–Kier alpha value is -2.48. The van der Waals surface area contributed by atoms with Crippen LogP contribution >= 0.6 is 0 Å². The fourth-order valence-corrected chi connectivity index (χ4v) is 3.89. The van der Waals surface area contributed by atoms with E-state index < -0.39 is 11.7 Å². The van der Waals surface area contributed by atoms with Crippen LogP contribution in [0.25, 0.3) is 0 Å². The Kier molecular flexibility index (Phi) is 4.14. The van der Waals surface area contributed by atoms with Crippen molar-refractivity contribution in [2.75, 3.05) is 11.4 Å². The third-order valence-electron chi connectivity index (χ3n) is 5.39. The minimum Gasteiger partial charge on any atom is -0.364 e. The summed E-state index contributed by atoms with van der Waals surface area (Å²) in [6.07, 6.45) is -0.404. The molecule has 1 saturated carbocycles. The summed E-state index contributed by atoms with van der Waals surface area (Å²) in [5.41, 5.74) is 1.89. The number of hydrogen-bond donors (Lipinski definition) is 0. The standard InChI is InChI=1S/C21H19F3N2/c22-21(23,24)19-11-17(9-7-16(19)12-25)26(13-14-5-6-14)20-10-8-15-3-1-2-4-18(15)20/h1-4,7,9,11,14,20H,5-6,8,10,13H2/t20-/m1/s1. The molecule has 0 bridgehead atoms. The van der Waals surface area contributed by atoms with E-state index in [2.05, 4.69) is 17.0 Å². The maximum Gasteiger partial charge on any atom is 0.417 e. The first-order valence-corrected chi connectivity index (χ1v) is 8.93. The molecule has 2 nitrogen and oxygen atoms in total. The number of aryl methyl sites for hydroxylation is 1. The topological polar surface area (TPSA) is 27.0 Å². The van der Waals surface area contributed by atoms with Crippen LogP contribution in [0.1, 0.15) is 47.6 Å². The van der Waals surface area contributed by atoms with Crippen LogP contribution in [0.4, 0.5) is 18.9 Å². The molecule has 26 heavy (non-hydrogen) atoms. The SMILES string of the molecule is N#Cc1ccc(N(CC2CC2)[C@@H]2CCc3ccccc32)cc1C(F)(F)F. The molecule has 1 atom stereocenters. The molecular weight excluding hydrogens is 337 g/mol. The van der Waals surface area contributed by atoms with Crippen LogP contribution in [0.15, 0.2) is 42.5 Å². The highest BCUT2D eigenvalue weighted by molar-refractivity contribution is 5.57. The van der Waals surface area contributed by atoms with Crippen molar-refractivity contribution in [2.45, 2.75) is 37.9 Å². The van der Waals surface area contributed by atoms with Gasteiger partial charge in [0, 0.05) is 12.2 Å². The average Bonchev–Trinajstić information content (AvgIpc) is 3.35. The first-order chi connectivity index (χ1) is 12.5. The van der Waals surface area contributed by atoms with Gasteiger partial charge in [-0.2, -0.15) is 18.4 Å². The van der Waals surface area contributed by atoms with Crippen LogP contribution in [-0.4, -0.2) is 6.54 Å². The summed E-state index contributed by atoms with van der Waals surface area (Å²) in [6, 6.07) is 14.1.